The van der Waals surface area contributed by atoms with E-state index in [1.807, 2.05) is 0 Å². The number of aliphatic carboxylic acids is 1. The van der Waals surface area contributed by atoms with Crippen LogP contribution in [0.15, 0.2) is 48.5 Å². The van der Waals surface area contributed by atoms with Crippen LogP contribution in [0.5, 0.6) is 5.75 Å². The van der Waals surface area contributed by atoms with Gasteiger partial charge in [-0.2, -0.15) is 0 Å². The Hall–Kier alpha value is -3.03. The second-order valence-electron chi connectivity index (χ2n) is 6.61. The Morgan fingerprint density at radius 3 is 2.43 bits per heavy atom. The van der Waals surface area contributed by atoms with E-state index in [0.717, 1.165) is 5.56 Å². The Balaban J connectivity index is 1.60. The number of benzene rings is 2. The van der Waals surface area contributed by atoms with Crippen LogP contribution in [0.1, 0.15) is 29.9 Å². The van der Waals surface area contributed by atoms with E-state index < -0.39 is 18.2 Å². The van der Waals surface area contributed by atoms with Gasteiger partial charge in [-0.25, -0.2) is 0 Å². The Morgan fingerprint density at radius 1 is 1.11 bits per heavy atom. The highest BCUT2D eigenvalue weighted by molar-refractivity contribution is 5.95. The number of rotatable bonds is 7. The number of hydrogen-bond acceptors (Lipinski definition) is 3. The zero-order valence-corrected chi connectivity index (χ0v) is 14.7. The monoisotopic (exact) mass is 393 g/mol. The van der Waals surface area contributed by atoms with Crippen LogP contribution in [0, 0.1) is 5.92 Å². The largest absolute Gasteiger partial charge is 0.573 e. The van der Waals surface area contributed by atoms with Gasteiger partial charge in [0, 0.05) is 18.0 Å². The first-order chi connectivity index (χ1) is 13.2. The lowest BCUT2D eigenvalue weighted by Crippen LogP contribution is -2.18. The van der Waals surface area contributed by atoms with E-state index in [0.29, 0.717) is 24.1 Å². The summed E-state index contributed by atoms with van der Waals surface area (Å²) in [5.41, 5.74) is 1.75. The molecular weight excluding hydrogens is 375 g/mol. The first kappa shape index (κ1) is 19.7. The number of nitrogens with one attached hydrogen (secondary N) is 1. The summed E-state index contributed by atoms with van der Waals surface area (Å²) in [6.45, 7) is 0. The lowest BCUT2D eigenvalue weighted by atomic mass is 10.1. The number of ether oxygens (including phenoxy) is 1. The minimum atomic E-state index is -4.79. The van der Waals surface area contributed by atoms with Crippen LogP contribution in [0.2, 0.25) is 0 Å². The van der Waals surface area contributed by atoms with Crippen molar-refractivity contribution in [1.29, 1.82) is 0 Å². The Bertz CT molecular complexity index is 864. The van der Waals surface area contributed by atoms with Crippen molar-refractivity contribution in [2.45, 2.75) is 31.5 Å². The van der Waals surface area contributed by atoms with E-state index >= 15 is 0 Å². The Kier molecular flexibility index (Phi) is 5.58. The number of carbonyl (C=O) groups excluding carboxylic acids is 1. The zero-order chi connectivity index (χ0) is 20.3. The maximum atomic E-state index is 12.5. The van der Waals surface area contributed by atoms with Crippen LogP contribution in [-0.2, 0) is 16.0 Å². The van der Waals surface area contributed by atoms with Crippen molar-refractivity contribution in [3.05, 3.63) is 59.7 Å². The van der Waals surface area contributed by atoms with E-state index in [9.17, 15) is 22.8 Å². The normalized spacial score (nSPS) is 18.4. The number of aryl methyl sites for hydroxylation is 1. The first-order valence-electron chi connectivity index (χ1n) is 8.69. The first-order valence-corrected chi connectivity index (χ1v) is 8.69. The predicted octanol–water partition coefficient (Wildman–Crippen LogP) is 4.34. The highest BCUT2D eigenvalue weighted by atomic mass is 19.4. The van der Waals surface area contributed by atoms with Crippen LogP contribution < -0.4 is 10.1 Å². The van der Waals surface area contributed by atoms with Crippen molar-refractivity contribution in [1.82, 2.24) is 0 Å². The molecule has 0 radical (unpaired) electrons. The lowest BCUT2D eigenvalue weighted by molar-refractivity contribution is -0.274. The van der Waals surface area contributed by atoms with Crippen molar-refractivity contribution in [2.75, 3.05) is 5.32 Å². The number of hydrogen-bond donors (Lipinski definition) is 2. The molecule has 0 saturated heterocycles. The van der Waals surface area contributed by atoms with Gasteiger partial charge in [0.1, 0.15) is 5.75 Å². The van der Waals surface area contributed by atoms with Gasteiger partial charge in [0.05, 0.1) is 0 Å². The zero-order valence-electron chi connectivity index (χ0n) is 14.7. The number of halogens is 3. The van der Waals surface area contributed by atoms with E-state index in [4.69, 9.17) is 5.11 Å². The van der Waals surface area contributed by atoms with Crippen molar-refractivity contribution in [2.24, 2.45) is 5.92 Å². The Morgan fingerprint density at radius 2 is 1.79 bits per heavy atom. The smallest absolute Gasteiger partial charge is 0.481 e. The van der Waals surface area contributed by atoms with Gasteiger partial charge in [0.2, 0.25) is 5.91 Å². The molecule has 0 bridgehead atoms. The maximum absolute atomic E-state index is 12.5. The predicted molar refractivity (Wildman–Crippen MR) is 95.0 cm³/mol. The molecule has 0 heterocycles. The molecular formula is C20H18F3NO4. The molecule has 2 aromatic rings. The molecule has 1 amide bonds. The molecule has 2 N–H and O–H groups in total. The number of anilines is 1. The van der Waals surface area contributed by atoms with E-state index in [1.165, 1.54) is 18.2 Å². The third kappa shape index (κ3) is 5.25. The summed E-state index contributed by atoms with van der Waals surface area (Å²) in [6.07, 6.45) is -3.93. The van der Waals surface area contributed by atoms with Gasteiger partial charge in [-0.3, -0.25) is 9.59 Å². The lowest BCUT2D eigenvalue weighted by Gasteiger charge is -2.13. The van der Waals surface area contributed by atoms with Gasteiger partial charge >= 0.3 is 12.3 Å². The second kappa shape index (κ2) is 7.92. The molecule has 1 aliphatic rings. The quantitative estimate of drug-likeness (QED) is 0.734. The molecule has 2 atom stereocenters. The molecule has 0 spiro atoms. The van der Waals surface area contributed by atoms with Gasteiger partial charge in [-0.1, -0.05) is 30.3 Å². The van der Waals surface area contributed by atoms with Crippen LogP contribution >= 0.6 is 0 Å². The van der Waals surface area contributed by atoms with Gasteiger partial charge in [-0.05, 0) is 48.1 Å². The van der Waals surface area contributed by atoms with E-state index in [-0.39, 0.29) is 24.0 Å². The second-order valence-corrected chi connectivity index (χ2v) is 6.61. The minimum absolute atomic E-state index is 0.0227. The van der Waals surface area contributed by atoms with Gasteiger partial charge < -0.3 is 15.2 Å². The number of amides is 1. The van der Waals surface area contributed by atoms with Crippen molar-refractivity contribution >= 4 is 17.6 Å². The number of carboxylic acids is 1. The van der Waals surface area contributed by atoms with E-state index in [1.54, 1.807) is 30.3 Å². The highest BCUT2D eigenvalue weighted by Gasteiger charge is 2.46. The van der Waals surface area contributed by atoms with Crippen molar-refractivity contribution < 1.29 is 32.6 Å². The molecule has 148 valence electrons. The van der Waals surface area contributed by atoms with Crippen LogP contribution in [0.25, 0.3) is 0 Å². The number of alkyl halides is 3. The molecule has 28 heavy (non-hydrogen) atoms. The molecule has 2 unspecified atom stereocenters. The van der Waals surface area contributed by atoms with Crippen LogP contribution in [-0.4, -0.2) is 23.3 Å². The van der Waals surface area contributed by atoms with Crippen molar-refractivity contribution in [3.63, 3.8) is 0 Å². The summed E-state index contributed by atoms with van der Waals surface area (Å²) in [5.74, 6) is -2.19. The molecule has 0 aromatic heterocycles. The minimum Gasteiger partial charge on any atom is -0.481 e. The van der Waals surface area contributed by atoms with Crippen LogP contribution in [0.4, 0.5) is 18.9 Å². The van der Waals surface area contributed by atoms with E-state index in [2.05, 4.69) is 10.1 Å². The molecule has 1 saturated carbocycles. The summed E-state index contributed by atoms with van der Waals surface area (Å²) >= 11 is 0. The highest BCUT2D eigenvalue weighted by Crippen LogP contribution is 2.51. The summed E-state index contributed by atoms with van der Waals surface area (Å²) < 4.78 is 41.7. The molecule has 5 nitrogen and oxygen atoms in total. The molecule has 3 rings (SSSR count). The average molecular weight is 393 g/mol. The van der Waals surface area contributed by atoms with Crippen LogP contribution in [0.3, 0.4) is 0 Å². The van der Waals surface area contributed by atoms with Gasteiger partial charge in [0.25, 0.3) is 0 Å². The number of carboxylic acid groups (broad SMARTS) is 1. The fourth-order valence-electron chi connectivity index (χ4n) is 3.07. The van der Waals surface area contributed by atoms with Crippen molar-refractivity contribution in [3.8, 4) is 5.75 Å². The molecule has 2 aromatic carbocycles. The molecule has 1 aliphatic carbocycles. The standard InChI is InChI=1S/C20H18F3NO4/c21-20(22,23)28-17-4-2-1-3-14(17)15-11-16(15)19(27)24-13-8-5-12(6-9-13)7-10-18(25)26/h1-6,8-9,15-16H,7,10-11H2,(H,24,27)(H,25,26). The fraction of sp³-hybridized carbons (Fsp3) is 0.300. The number of para-hydroxylation sites is 1. The molecule has 1 fully saturated rings. The molecule has 0 aliphatic heterocycles. The van der Waals surface area contributed by atoms with Gasteiger partial charge in [0.15, 0.2) is 0 Å². The SMILES string of the molecule is O=C(O)CCc1ccc(NC(=O)C2CC2c2ccccc2OC(F)(F)F)cc1. The van der Waals surface area contributed by atoms with Gasteiger partial charge in [-0.15, -0.1) is 13.2 Å². The fourth-order valence-corrected chi connectivity index (χ4v) is 3.07. The summed E-state index contributed by atoms with van der Waals surface area (Å²) in [4.78, 5) is 23.0. The number of carbonyl (C=O) groups is 2. The third-order valence-electron chi connectivity index (χ3n) is 4.52. The summed E-state index contributed by atoms with van der Waals surface area (Å²) in [6, 6.07) is 12.7. The topological polar surface area (TPSA) is 75.6 Å². The average Bonchev–Trinajstić information content (AvgIpc) is 3.41. The summed E-state index contributed by atoms with van der Waals surface area (Å²) in [5, 5.41) is 11.4. The maximum Gasteiger partial charge on any atom is 0.573 e. The Labute approximate surface area is 159 Å². The summed E-state index contributed by atoms with van der Waals surface area (Å²) in [7, 11) is 0. The molecule has 8 heteroatoms. The third-order valence-corrected chi connectivity index (χ3v) is 4.52.